The largest absolute Gasteiger partial charge is 2.00 e. The molecule has 0 fully saturated rings. The van der Waals surface area contributed by atoms with E-state index in [4.69, 9.17) is 4.74 Å². The molecule has 0 aliphatic rings. The molecule has 16 rings (SSSR count). The van der Waals surface area contributed by atoms with Crippen molar-refractivity contribution in [2.24, 2.45) is 0 Å². The molecule has 21 nitrogen and oxygen atoms in total. The topological polar surface area (TPSA) is 203 Å². The van der Waals surface area contributed by atoms with Gasteiger partial charge in [0.15, 0.2) is 46.5 Å². The second-order valence-corrected chi connectivity index (χ2v) is 23.8. The average Bonchev–Trinajstić information content (AvgIpc) is 1.80. The summed E-state index contributed by atoms with van der Waals surface area (Å²) in [5.41, 5.74) is 8.72. The molecule has 0 bridgehead atoms. The van der Waals surface area contributed by atoms with Crippen LogP contribution in [0.5, 0.6) is 0 Å². The molecule has 0 spiro atoms. The van der Waals surface area contributed by atoms with E-state index in [0.29, 0.717) is 0 Å². The summed E-state index contributed by atoms with van der Waals surface area (Å²) in [4.78, 5) is 18.6. The third kappa shape index (κ3) is 39.3. The van der Waals surface area contributed by atoms with Crippen LogP contribution in [0.3, 0.4) is 0 Å². The Bertz CT molecular complexity index is 4730. The molecular weight excluding hydrogens is 1720 g/mol. The fraction of sp³-hybridized carbons (Fsp3) is 0.0500. The van der Waals surface area contributed by atoms with E-state index in [9.17, 15) is 69.1 Å². The van der Waals surface area contributed by atoms with Crippen molar-refractivity contribution in [3.63, 3.8) is 0 Å². The third-order valence-corrected chi connectivity index (χ3v) is 14.7. The van der Waals surface area contributed by atoms with Crippen LogP contribution in [0.1, 0.15) is 58.4 Å². The molecule has 12 heterocycles. The molecule has 0 saturated carbocycles. The van der Waals surface area contributed by atoms with Crippen LogP contribution in [0.25, 0.3) is 95.2 Å². The smallest absolute Gasteiger partial charge is 0.418 e. The predicted molar refractivity (Wildman–Crippen MR) is 438 cm³/mol. The first-order valence-corrected chi connectivity index (χ1v) is 36.0. The Hall–Kier alpha value is -13.7. The van der Waals surface area contributed by atoms with Crippen LogP contribution in [-0.4, -0.2) is 140 Å². The number of benzene rings is 4. The maximum absolute atomic E-state index is 9.75. The fourth-order valence-electron chi connectivity index (χ4n) is 9.88. The second-order valence-electron chi connectivity index (χ2n) is 23.8. The van der Waals surface area contributed by atoms with E-state index in [-0.39, 0.29) is 34.1 Å². The molecule has 0 aliphatic heterocycles. The van der Waals surface area contributed by atoms with Gasteiger partial charge in [0.1, 0.15) is 0 Å². The van der Waals surface area contributed by atoms with Crippen LogP contribution in [0, 0.1) is 0 Å². The number of hydrogen-bond acceptors (Lipinski definition) is 13. The van der Waals surface area contributed by atoms with E-state index in [0.717, 1.165) is 104 Å². The first-order chi connectivity index (χ1) is 57.9. The van der Waals surface area contributed by atoms with Gasteiger partial charge in [0.2, 0.25) is 0 Å². The Morgan fingerprint density at radius 3 is 0.455 bits per heavy atom. The average molecular weight is 1790 g/mol. The van der Waals surface area contributed by atoms with Crippen LogP contribution < -0.4 is 0 Å². The van der Waals surface area contributed by atoms with Crippen molar-refractivity contribution >= 4 is 77.6 Å². The van der Waals surface area contributed by atoms with Crippen LogP contribution >= 0.6 is 0 Å². The number of halogens is 16. The molecule has 0 unspecified atom stereocenters. The van der Waals surface area contributed by atoms with Gasteiger partial charge in [-0.15, -0.1) is 0 Å². The van der Waals surface area contributed by atoms with Gasteiger partial charge in [-0.2, -0.15) is 40.8 Å². The van der Waals surface area contributed by atoms with E-state index < -0.39 is 29.0 Å². The van der Waals surface area contributed by atoms with Crippen molar-refractivity contribution in [1.29, 1.82) is 0 Å². The molecule has 43 heteroatoms. The van der Waals surface area contributed by atoms with Gasteiger partial charge in [-0.05, 0) is 155 Å². The van der Waals surface area contributed by atoms with Gasteiger partial charge in [-0.1, -0.05) is 170 Å². The summed E-state index contributed by atoms with van der Waals surface area (Å²) in [6.45, 7) is 5.67. The molecule has 0 amide bonds. The maximum Gasteiger partial charge on any atom is 2.00 e. The van der Waals surface area contributed by atoms with E-state index in [1.165, 1.54) is 0 Å². The molecule has 16 aromatic rings. The van der Waals surface area contributed by atoms with Gasteiger partial charge in [0.25, 0.3) is 0 Å². The summed E-state index contributed by atoms with van der Waals surface area (Å²) < 4.78 is 175. The normalized spacial score (nSPS) is 11.0. The quantitative estimate of drug-likeness (QED) is 0.0580. The second kappa shape index (κ2) is 50.4. The Balaban J connectivity index is 0.000000230. The first kappa shape index (κ1) is 98.1. The summed E-state index contributed by atoms with van der Waals surface area (Å²) in [6.07, 6.45) is 45.5. The zero-order valence-electron chi connectivity index (χ0n) is 64.5. The van der Waals surface area contributed by atoms with Gasteiger partial charge < -0.3 is 73.8 Å². The Morgan fingerprint density at radius 1 is 0.220 bits per heavy atom. The zero-order valence-corrected chi connectivity index (χ0v) is 66.7. The Kier molecular flexibility index (Phi) is 40.2. The van der Waals surface area contributed by atoms with Crippen LogP contribution in [0.4, 0.5) is 69.1 Å². The summed E-state index contributed by atoms with van der Waals surface area (Å²) >= 11 is 0. The molecule has 636 valence electrons. The summed E-state index contributed by atoms with van der Waals surface area (Å²) in [5.74, 6) is 6.01. The zero-order chi connectivity index (χ0) is 86.9. The fourth-order valence-corrected chi connectivity index (χ4v) is 9.88. The summed E-state index contributed by atoms with van der Waals surface area (Å²) in [5, 5.41) is 34.1. The van der Waals surface area contributed by atoms with Gasteiger partial charge in [-0.25, -0.2) is 57.4 Å². The molecule has 0 aliphatic carbocycles. The summed E-state index contributed by atoms with van der Waals surface area (Å²) in [6, 6.07) is 71.8. The number of pyridine rings is 4. The van der Waals surface area contributed by atoms with Gasteiger partial charge in [-0.3, -0.25) is 0 Å². The number of nitrogens with zero attached hydrogens (tertiary/aromatic N) is 20. The van der Waals surface area contributed by atoms with Crippen molar-refractivity contribution < 1.29 is 108 Å². The molecular formula is C80H70B4F16Fe2N20O. The number of hydrogen-bond donors (Lipinski definition) is 0. The Morgan fingerprint density at radius 2 is 0.350 bits per heavy atom. The first-order valence-electron chi connectivity index (χ1n) is 36.0. The molecule has 0 N–H and O–H groups in total. The molecule has 123 heavy (non-hydrogen) atoms. The minimum absolute atomic E-state index is 0. The van der Waals surface area contributed by atoms with Crippen LogP contribution in [0.2, 0.25) is 0 Å². The molecule has 0 saturated heterocycles. The van der Waals surface area contributed by atoms with Gasteiger partial charge >= 0.3 is 63.2 Å². The third-order valence-electron chi connectivity index (χ3n) is 14.7. The molecule has 4 aromatic carbocycles. The van der Waals surface area contributed by atoms with Gasteiger partial charge in [0, 0.05) is 112 Å². The maximum atomic E-state index is 9.75. The van der Waals surface area contributed by atoms with Crippen molar-refractivity contribution in [3.8, 4) is 46.5 Å². The van der Waals surface area contributed by atoms with Crippen molar-refractivity contribution in [2.75, 3.05) is 13.2 Å². The minimum atomic E-state index is -6.00. The van der Waals surface area contributed by atoms with E-state index in [2.05, 4.69) is 158 Å². The van der Waals surface area contributed by atoms with E-state index in [1.807, 2.05) is 233 Å². The minimum Gasteiger partial charge on any atom is -0.418 e. The van der Waals surface area contributed by atoms with E-state index in [1.54, 1.807) is 87.0 Å². The van der Waals surface area contributed by atoms with E-state index >= 15 is 0 Å². The van der Waals surface area contributed by atoms with Crippen LogP contribution in [0.15, 0.2) is 318 Å². The predicted octanol–water partition coefficient (Wildman–Crippen LogP) is 20.7. The molecule has 12 aromatic heterocycles. The van der Waals surface area contributed by atoms with Gasteiger partial charge in [0.05, 0.1) is 0 Å². The van der Waals surface area contributed by atoms with Crippen molar-refractivity contribution in [2.45, 2.75) is 13.8 Å². The van der Waals surface area contributed by atoms with Crippen molar-refractivity contribution in [3.05, 3.63) is 362 Å². The molecule has 0 atom stereocenters. The summed E-state index contributed by atoms with van der Waals surface area (Å²) in [7, 11) is -24.0. The van der Waals surface area contributed by atoms with Crippen LogP contribution in [-0.2, 0) is 38.9 Å². The van der Waals surface area contributed by atoms with Crippen molar-refractivity contribution in [1.82, 2.24) is 98.2 Å². The molecule has 0 radical (unpaired) electrons. The monoisotopic (exact) mass is 1790 g/mol. The number of rotatable bonds is 18. The number of ether oxygens (including phenoxy) is 1. The Labute approximate surface area is 715 Å². The SMILES string of the molecule is C(=C\c1cc(-n2cccn2)nc(-n2cccn2)c1)/c1ccccc1.C(=C\c1cc(-n2cccn2)nc(-n2cccn2)c1)/c1ccccc1.C(=C\c1cc(-n2cccn2)nc(-n2cccn2)c1)/c1ccccc1.C(=C\c1cc(-n2cccn2)nc(-n2cccn2)c1)/c1ccccc1.CCOCC.F[B-](F)(F)F.F[B-](F)(F)F.F[B-](F)(F)F.F[B-](F)(F)F.[Fe+2].[Fe+2]. The number of aromatic nitrogens is 20. The standard InChI is InChI=1S/4C19H15N5.C4H10O.4BF4.2Fe/c4*1-2-6-16(7-3-1)8-9-17-14-18(23-12-4-10-20-23)22-19(15-17)24-13-5-11-21-24;1-3-5-4-2;4*2-1(3,4)5;;/h4*1-15H;3-4H2,1-2H3;;;;;;/q;;;;;4*-1;2*+2/b4*9-8+;;;;;;;.